The van der Waals surface area contributed by atoms with E-state index in [9.17, 15) is 4.79 Å². The van der Waals surface area contributed by atoms with Gasteiger partial charge in [0.15, 0.2) is 0 Å². The number of amides is 1. The number of carbonyl (C=O) groups is 1. The molecule has 1 aliphatic heterocycles. The number of thiophene rings is 1. The van der Waals surface area contributed by atoms with Crippen molar-refractivity contribution in [2.75, 3.05) is 26.7 Å². The second-order valence-electron chi connectivity index (χ2n) is 4.40. The molecule has 1 atom stereocenters. The lowest BCUT2D eigenvalue weighted by Crippen LogP contribution is -2.52. The Morgan fingerprint density at radius 3 is 2.88 bits per heavy atom. The Hall–Kier alpha value is -0.390. The molecule has 0 aromatic carbocycles. The lowest BCUT2D eigenvalue weighted by Gasteiger charge is -2.38. The molecule has 94 valence electrons. The highest BCUT2D eigenvalue weighted by molar-refractivity contribution is 9.11. The van der Waals surface area contributed by atoms with E-state index in [1.807, 2.05) is 17.0 Å². The van der Waals surface area contributed by atoms with Crippen LogP contribution in [0.2, 0.25) is 0 Å². The maximum atomic E-state index is 12.3. The van der Waals surface area contributed by atoms with Gasteiger partial charge in [-0.3, -0.25) is 9.69 Å². The largest absolute Gasteiger partial charge is 0.335 e. The third kappa shape index (κ3) is 2.89. The van der Waals surface area contributed by atoms with Crippen LogP contribution in [0.5, 0.6) is 0 Å². The summed E-state index contributed by atoms with van der Waals surface area (Å²) >= 11 is 4.91. The molecule has 1 aliphatic rings. The van der Waals surface area contributed by atoms with Gasteiger partial charge < -0.3 is 4.90 Å². The summed E-state index contributed by atoms with van der Waals surface area (Å²) in [5, 5.41) is 0. The summed E-state index contributed by atoms with van der Waals surface area (Å²) in [5.74, 6) is 0.173. The van der Waals surface area contributed by atoms with Crippen molar-refractivity contribution in [2.24, 2.45) is 0 Å². The topological polar surface area (TPSA) is 23.6 Å². The smallest absolute Gasteiger partial charge is 0.264 e. The lowest BCUT2D eigenvalue weighted by molar-refractivity contribution is 0.0546. The number of piperazine rings is 1. The normalized spacial score (nSPS) is 21.8. The highest BCUT2D eigenvalue weighted by Gasteiger charge is 2.27. The van der Waals surface area contributed by atoms with Gasteiger partial charge in [-0.05, 0) is 41.5 Å². The van der Waals surface area contributed by atoms with Crippen molar-refractivity contribution in [2.45, 2.75) is 19.4 Å². The second kappa shape index (κ2) is 5.50. The van der Waals surface area contributed by atoms with Crippen molar-refractivity contribution >= 4 is 33.2 Å². The van der Waals surface area contributed by atoms with E-state index in [-0.39, 0.29) is 5.91 Å². The Balaban J connectivity index is 2.05. The molecule has 5 heteroatoms. The molecule has 0 bridgehead atoms. The third-order valence-electron chi connectivity index (χ3n) is 3.32. The minimum Gasteiger partial charge on any atom is -0.335 e. The number of halogens is 1. The van der Waals surface area contributed by atoms with Crippen LogP contribution in [0.25, 0.3) is 0 Å². The van der Waals surface area contributed by atoms with Crippen LogP contribution < -0.4 is 0 Å². The Morgan fingerprint density at radius 1 is 1.53 bits per heavy atom. The first-order chi connectivity index (χ1) is 8.11. The van der Waals surface area contributed by atoms with Crippen molar-refractivity contribution in [3.05, 3.63) is 20.8 Å². The molecule has 1 amide bonds. The second-order valence-corrected chi connectivity index (χ2v) is 6.86. The zero-order valence-electron chi connectivity index (χ0n) is 10.1. The number of nitrogens with zero attached hydrogens (tertiary/aromatic N) is 2. The molecule has 0 radical (unpaired) electrons. The van der Waals surface area contributed by atoms with Gasteiger partial charge in [-0.2, -0.15) is 0 Å². The van der Waals surface area contributed by atoms with Crippen LogP contribution in [0.1, 0.15) is 23.0 Å². The molecule has 2 rings (SSSR count). The van der Waals surface area contributed by atoms with Gasteiger partial charge in [0.05, 0.1) is 8.66 Å². The summed E-state index contributed by atoms with van der Waals surface area (Å²) in [7, 11) is 2.14. The molecule has 1 aromatic rings. The van der Waals surface area contributed by atoms with Gasteiger partial charge >= 0.3 is 0 Å². The molecule has 0 spiro atoms. The van der Waals surface area contributed by atoms with E-state index in [2.05, 4.69) is 34.8 Å². The van der Waals surface area contributed by atoms with E-state index in [1.54, 1.807) is 0 Å². The van der Waals surface area contributed by atoms with Gasteiger partial charge in [0.1, 0.15) is 0 Å². The van der Waals surface area contributed by atoms with E-state index in [0.29, 0.717) is 6.04 Å². The number of rotatable bonds is 2. The quantitative estimate of drug-likeness (QED) is 0.837. The number of carbonyl (C=O) groups excluding carboxylic acids is 1. The van der Waals surface area contributed by atoms with E-state index >= 15 is 0 Å². The van der Waals surface area contributed by atoms with E-state index in [1.165, 1.54) is 11.3 Å². The number of hydrogen-bond acceptors (Lipinski definition) is 3. The van der Waals surface area contributed by atoms with Gasteiger partial charge in [0.2, 0.25) is 0 Å². The molecular weight excluding hydrogens is 300 g/mol. The number of hydrogen-bond donors (Lipinski definition) is 0. The summed E-state index contributed by atoms with van der Waals surface area (Å²) in [5.41, 5.74) is 0. The van der Waals surface area contributed by atoms with Crippen LogP contribution in [0.15, 0.2) is 15.9 Å². The first-order valence-corrected chi connectivity index (χ1v) is 7.47. The van der Waals surface area contributed by atoms with Crippen molar-refractivity contribution in [3.63, 3.8) is 0 Å². The highest BCUT2D eigenvalue weighted by atomic mass is 79.9. The van der Waals surface area contributed by atoms with Gasteiger partial charge in [-0.1, -0.05) is 6.92 Å². The van der Waals surface area contributed by atoms with E-state index in [0.717, 1.165) is 34.7 Å². The molecule has 0 saturated carbocycles. The molecule has 1 fully saturated rings. The molecule has 0 N–H and O–H groups in total. The first-order valence-electron chi connectivity index (χ1n) is 5.86. The minimum atomic E-state index is 0.173. The van der Waals surface area contributed by atoms with E-state index < -0.39 is 0 Å². The van der Waals surface area contributed by atoms with E-state index in [4.69, 9.17) is 0 Å². The Morgan fingerprint density at radius 2 is 2.29 bits per heavy atom. The minimum absolute atomic E-state index is 0.173. The lowest BCUT2D eigenvalue weighted by atomic mass is 10.1. The highest BCUT2D eigenvalue weighted by Crippen LogP contribution is 2.24. The van der Waals surface area contributed by atoms with Gasteiger partial charge in [0, 0.05) is 25.7 Å². The fraction of sp³-hybridized carbons (Fsp3) is 0.583. The fourth-order valence-electron chi connectivity index (χ4n) is 2.16. The average Bonchev–Trinajstić information content (AvgIpc) is 2.75. The molecule has 2 heterocycles. The van der Waals surface area contributed by atoms with Crippen LogP contribution in [0.3, 0.4) is 0 Å². The Kier molecular flexibility index (Phi) is 4.22. The maximum absolute atomic E-state index is 12.3. The third-order valence-corrected chi connectivity index (χ3v) is 4.93. The van der Waals surface area contributed by atoms with Crippen LogP contribution in [0.4, 0.5) is 0 Å². The SMILES string of the molecule is CCC1CN(C(=O)c2ccc(Br)s2)CCN1C. The van der Waals surface area contributed by atoms with Crippen molar-refractivity contribution in [1.29, 1.82) is 0 Å². The summed E-state index contributed by atoms with van der Waals surface area (Å²) in [6.45, 7) is 4.83. The van der Waals surface area contributed by atoms with Crippen LogP contribution >= 0.6 is 27.3 Å². The molecule has 1 unspecified atom stereocenters. The molecular formula is C12H17BrN2OS. The fourth-order valence-corrected chi connectivity index (χ4v) is 3.51. The zero-order valence-corrected chi connectivity index (χ0v) is 12.6. The first kappa shape index (κ1) is 13.1. The summed E-state index contributed by atoms with van der Waals surface area (Å²) in [4.78, 5) is 17.4. The molecule has 17 heavy (non-hydrogen) atoms. The van der Waals surface area contributed by atoms with Crippen LogP contribution in [-0.2, 0) is 0 Å². The molecule has 1 saturated heterocycles. The molecule has 1 aromatic heterocycles. The number of likely N-dealkylation sites (N-methyl/N-ethyl adjacent to an activating group) is 1. The predicted molar refractivity (Wildman–Crippen MR) is 74.6 cm³/mol. The van der Waals surface area contributed by atoms with Crippen molar-refractivity contribution in [3.8, 4) is 0 Å². The predicted octanol–water partition coefficient (Wildman–Crippen LogP) is 2.68. The van der Waals surface area contributed by atoms with Gasteiger partial charge in [0.25, 0.3) is 5.91 Å². The Labute approximate surface area is 115 Å². The van der Waals surface area contributed by atoms with Crippen molar-refractivity contribution < 1.29 is 4.79 Å². The van der Waals surface area contributed by atoms with Crippen LogP contribution in [0, 0.1) is 0 Å². The standard InChI is InChI=1S/C12H17BrN2OS/c1-3-9-8-15(7-6-14(9)2)12(16)10-4-5-11(13)17-10/h4-5,9H,3,6-8H2,1-2H3. The summed E-state index contributed by atoms with van der Waals surface area (Å²) < 4.78 is 1.02. The van der Waals surface area contributed by atoms with Crippen LogP contribution in [-0.4, -0.2) is 48.4 Å². The maximum Gasteiger partial charge on any atom is 0.264 e. The zero-order chi connectivity index (χ0) is 12.4. The molecule has 0 aliphatic carbocycles. The summed E-state index contributed by atoms with van der Waals surface area (Å²) in [6, 6.07) is 4.33. The summed E-state index contributed by atoms with van der Waals surface area (Å²) in [6.07, 6.45) is 1.09. The van der Waals surface area contributed by atoms with Gasteiger partial charge in [-0.25, -0.2) is 0 Å². The van der Waals surface area contributed by atoms with Crippen molar-refractivity contribution in [1.82, 2.24) is 9.80 Å². The van der Waals surface area contributed by atoms with Gasteiger partial charge in [-0.15, -0.1) is 11.3 Å². The average molecular weight is 317 g/mol. The molecule has 3 nitrogen and oxygen atoms in total. The monoisotopic (exact) mass is 316 g/mol. The Bertz CT molecular complexity index is 407.